The van der Waals surface area contributed by atoms with Crippen molar-refractivity contribution in [2.75, 3.05) is 0 Å². The van der Waals surface area contributed by atoms with Gasteiger partial charge in [-0.1, -0.05) is 48.5 Å². The van der Waals surface area contributed by atoms with Crippen LogP contribution >= 0.6 is 23.4 Å². The fraction of sp³-hybridized carbons (Fsp3) is 0.250. The molecule has 0 aliphatic rings. The molecule has 2 N–H and O–H groups in total. The molecule has 20 heavy (non-hydrogen) atoms. The van der Waals surface area contributed by atoms with E-state index in [1.807, 2.05) is 24.3 Å². The van der Waals surface area contributed by atoms with E-state index in [1.54, 1.807) is 12.1 Å². The van der Waals surface area contributed by atoms with Crippen LogP contribution in [0, 0.1) is 5.82 Å². The molecule has 0 bridgehead atoms. The summed E-state index contributed by atoms with van der Waals surface area (Å²) < 4.78 is 13.8. The summed E-state index contributed by atoms with van der Waals surface area (Å²) in [6, 6.07) is 12.5. The van der Waals surface area contributed by atoms with Gasteiger partial charge in [0.2, 0.25) is 0 Å². The van der Waals surface area contributed by atoms with E-state index in [1.165, 1.54) is 17.8 Å². The molecule has 1 nitrogen and oxygen atoms in total. The van der Waals surface area contributed by atoms with Gasteiger partial charge in [-0.15, -0.1) is 0 Å². The fourth-order valence-electron chi connectivity index (χ4n) is 1.86. The van der Waals surface area contributed by atoms with Gasteiger partial charge in [0.15, 0.2) is 0 Å². The van der Waals surface area contributed by atoms with Crippen LogP contribution in [0.1, 0.15) is 18.9 Å². The van der Waals surface area contributed by atoms with Crippen LogP contribution in [0.4, 0.5) is 4.39 Å². The SMILES string of the molecule is CCC(N)Cc1ccc(Cl)cc1Sc1ccccc1F. The van der Waals surface area contributed by atoms with Gasteiger partial charge in [-0.2, -0.15) is 0 Å². The third-order valence-corrected chi connectivity index (χ3v) is 4.48. The zero-order chi connectivity index (χ0) is 14.5. The Morgan fingerprint density at radius 2 is 1.95 bits per heavy atom. The number of benzene rings is 2. The van der Waals surface area contributed by atoms with Crippen molar-refractivity contribution in [1.82, 2.24) is 0 Å². The zero-order valence-electron chi connectivity index (χ0n) is 11.3. The van der Waals surface area contributed by atoms with E-state index in [-0.39, 0.29) is 11.9 Å². The predicted octanol–water partition coefficient (Wildman–Crippen LogP) is 4.91. The summed E-state index contributed by atoms with van der Waals surface area (Å²) >= 11 is 7.45. The predicted molar refractivity (Wildman–Crippen MR) is 83.9 cm³/mol. The minimum absolute atomic E-state index is 0.108. The Morgan fingerprint density at radius 3 is 2.65 bits per heavy atom. The van der Waals surface area contributed by atoms with Gasteiger partial charge in [-0.05, 0) is 42.7 Å². The van der Waals surface area contributed by atoms with Crippen LogP contribution in [-0.4, -0.2) is 6.04 Å². The van der Waals surface area contributed by atoms with E-state index < -0.39 is 0 Å². The van der Waals surface area contributed by atoms with Crippen LogP contribution in [0.15, 0.2) is 52.3 Å². The lowest BCUT2D eigenvalue weighted by molar-refractivity contribution is 0.602. The molecular weight excluding hydrogens is 293 g/mol. The molecular formula is C16H17ClFNS. The van der Waals surface area contributed by atoms with E-state index in [0.717, 1.165) is 23.3 Å². The number of hydrogen-bond acceptors (Lipinski definition) is 2. The first-order valence-corrected chi connectivity index (χ1v) is 7.76. The molecule has 2 rings (SSSR count). The molecule has 0 fully saturated rings. The van der Waals surface area contributed by atoms with Crippen LogP contribution in [0.2, 0.25) is 5.02 Å². The lowest BCUT2D eigenvalue weighted by Gasteiger charge is -2.14. The van der Waals surface area contributed by atoms with Crippen LogP contribution in [0.3, 0.4) is 0 Å². The minimum Gasteiger partial charge on any atom is -0.327 e. The first kappa shape index (κ1) is 15.4. The van der Waals surface area contributed by atoms with Crippen LogP contribution in [0.5, 0.6) is 0 Å². The van der Waals surface area contributed by atoms with Gasteiger partial charge in [0.05, 0.1) is 0 Å². The lowest BCUT2D eigenvalue weighted by atomic mass is 10.1. The molecule has 0 amide bonds. The summed E-state index contributed by atoms with van der Waals surface area (Å²) in [6.45, 7) is 2.06. The maximum atomic E-state index is 13.8. The highest BCUT2D eigenvalue weighted by Crippen LogP contribution is 2.34. The maximum absolute atomic E-state index is 13.8. The minimum atomic E-state index is -0.219. The van der Waals surface area contributed by atoms with Crippen LogP contribution < -0.4 is 5.73 Å². The van der Waals surface area contributed by atoms with Gasteiger partial charge in [0.25, 0.3) is 0 Å². The molecule has 0 aliphatic heterocycles. The largest absolute Gasteiger partial charge is 0.327 e. The third kappa shape index (κ3) is 3.98. The quantitative estimate of drug-likeness (QED) is 0.849. The third-order valence-electron chi connectivity index (χ3n) is 3.09. The molecule has 0 heterocycles. The number of rotatable bonds is 5. The number of nitrogens with two attached hydrogens (primary N) is 1. The average Bonchev–Trinajstić information content (AvgIpc) is 2.44. The van der Waals surface area contributed by atoms with Crippen molar-refractivity contribution in [3.8, 4) is 0 Å². The molecule has 0 saturated carbocycles. The van der Waals surface area contributed by atoms with Crippen molar-refractivity contribution in [3.05, 3.63) is 58.9 Å². The van der Waals surface area contributed by atoms with Crippen molar-refractivity contribution in [1.29, 1.82) is 0 Å². The van der Waals surface area contributed by atoms with Gasteiger partial charge < -0.3 is 5.73 Å². The Bertz CT molecular complexity index is 588. The molecule has 106 valence electrons. The average molecular weight is 310 g/mol. The van der Waals surface area contributed by atoms with Crippen molar-refractivity contribution in [2.24, 2.45) is 5.73 Å². The highest BCUT2D eigenvalue weighted by molar-refractivity contribution is 7.99. The molecule has 0 spiro atoms. The number of halogens is 2. The van der Waals surface area contributed by atoms with Gasteiger partial charge in [0, 0.05) is 20.9 Å². The second-order valence-electron chi connectivity index (χ2n) is 4.66. The Kier molecular flexibility index (Phi) is 5.46. The molecule has 2 aromatic rings. The monoisotopic (exact) mass is 309 g/mol. The standard InChI is InChI=1S/C16H17ClFNS/c1-2-13(19)9-11-7-8-12(17)10-16(11)20-15-6-4-3-5-14(15)18/h3-8,10,13H,2,9,19H2,1H3. The van der Waals surface area contributed by atoms with Gasteiger partial charge in [-0.25, -0.2) is 4.39 Å². The molecule has 1 atom stereocenters. The molecule has 1 unspecified atom stereocenters. The first-order chi connectivity index (χ1) is 9.60. The summed E-state index contributed by atoms with van der Waals surface area (Å²) in [7, 11) is 0. The lowest BCUT2D eigenvalue weighted by Crippen LogP contribution is -2.21. The van der Waals surface area contributed by atoms with E-state index in [2.05, 4.69) is 6.92 Å². The summed E-state index contributed by atoms with van der Waals surface area (Å²) in [5.41, 5.74) is 7.13. The molecule has 0 aliphatic carbocycles. The van der Waals surface area contributed by atoms with Crippen molar-refractivity contribution in [3.63, 3.8) is 0 Å². The van der Waals surface area contributed by atoms with Crippen molar-refractivity contribution in [2.45, 2.75) is 35.6 Å². The van der Waals surface area contributed by atoms with E-state index >= 15 is 0 Å². The van der Waals surface area contributed by atoms with Crippen molar-refractivity contribution < 1.29 is 4.39 Å². The van der Waals surface area contributed by atoms with E-state index in [9.17, 15) is 4.39 Å². The fourth-order valence-corrected chi connectivity index (χ4v) is 3.12. The second-order valence-corrected chi connectivity index (χ2v) is 6.18. The topological polar surface area (TPSA) is 26.0 Å². The molecule has 0 saturated heterocycles. The molecule has 0 aromatic heterocycles. The van der Waals surface area contributed by atoms with Gasteiger partial charge in [0.1, 0.15) is 5.82 Å². The Hall–Kier alpha value is -1.03. The smallest absolute Gasteiger partial charge is 0.137 e. The zero-order valence-corrected chi connectivity index (χ0v) is 12.8. The normalized spacial score (nSPS) is 12.4. The molecule has 2 aromatic carbocycles. The Labute approximate surface area is 128 Å². The Morgan fingerprint density at radius 1 is 1.20 bits per heavy atom. The Balaban J connectivity index is 2.30. The van der Waals surface area contributed by atoms with Crippen LogP contribution in [-0.2, 0) is 6.42 Å². The summed E-state index contributed by atoms with van der Waals surface area (Å²) in [5, 5.41) is 0.651. The number of hydrogen-bond donors (Lipinski definition) is 1. The maximum Gasteiger partial charge on any atom is 0.137 e. The van der Waals surface area contributed by atoms with Crippen molar-refractivity contribution >= 4 is 23.4 Å². The summed E-state index contributed by atoms with van der Waals surface area (Å²) in [5.74, 6) is -0.219. The van der Waals surface area contributed by atoms with Gasteiger partial charge >= 0.3 is 0 Å². The van der Waals surface area contributed by atoms with Crippen LogP contribution in [0.25, 0.3) is 0 Å². The molecule has 0 radical (unpaired) electrons. The first-order valence-electron chi connectivity index (χ1n) is 6.56. The summed E-state index contributed by atoms with van der Waals surface area (Å²) in [6.07, 6.45) is 1.68. The van der Waals surface area contributed by atoms with E-state index in [0.29, 0.717) is 9.92 Å². The summed E-state index contributed by atoms with van der Waals surface area (Å²) in [4.78, 5) is 1.56. The van der Waals surface area contributed by atoms with Gasteiger partial charge in [-0.3, -0.25) is 0 Å². The second kappa shape index (κ2) is 7.11. The molecule has 4 heteroatoms. The van der Waals surface area contributed by atoms with E-state index in [4.69, 9.17) is 17.3 Å². The highest BCUT2D eigenvalue weighted by Gasteiger charge is 2.11. The highest BCUT2D eigenvalue weighted by atomic mass is 35.5.